The van der Waals surface area contributed by atoms with Crippen LogP contribution in [0.25, 0.3) is 21.3 Å². The van der Waals surface area contributed by atoms with Crippen molar-refractivity contribution in [3.63, 3.8) is 0 Å². The van der Waals surface area contributed by atoms with E-state index in [1.165, 1.54) is 35.5 Å². The van der Waals surface area contributed by atoms with Crippen LogP contribution >= 0.6 is 46.3 Å². The van der Waals surface area contributed by atoms with Crippen LogP contribution in [-0.4, -0.2) is 21.6 Å². The van der Waals surface area contributed by atoms with Gasteiger partial charge in [0.2, 0.25) is 5.91 Å². The second-order valence-corrected chi connectivity index (χ2v) is 9.21. The number of thioether (sulfide) groups is 1. The van der Waals surface area contributed by atoms with E-state index in [1.807, 2.05) is 17.5 Å². The zero-order valence-corrected chi connectivity index (χ0v) is 19.1. The van der Waals surface area contributed by atoms with Gasteiger partial charge in [0.25, 0.3) is 0 Å². The molecule has 2 heterocycles. The number of aromatic nitrogens is 2. The molecule has 0 saturated carbocycles. The SMILES string of the molecule is O=C(CSc1ncnc2scc(-c3ccc(Cl)cc3)c12)Nc1ccc(Cl)c(C(F)(F)F)c1. The summed E-state index contributed by atoms with van der Waals surface area (Å²) in [4.78, 5) is 21.8. The summed E-state index contributed by atoms with van der Waals surface area (Å²) < 4.78 is 39.1. The van der Waals surface area contributed by atoms with Crippen molar-refractivity contribution in [3.8, 4) is 11.1 Å². The van der Waals surface area contributed by atoms with Gasteiger partial charge in [-0.05, 0) is 35.9 Å². The molecule has 4 rings (SSSR count). The Labute approximate surface area is 198 Å². The number of hydrogen-bond acceptors (Lipinski definition) is 5. The number of alkyl halides is 3. The highest BCUT2D eigenvalue weighted by Gasteiger charge is 2.33. The molecular formula is C21H12Cl2F3N3OS2. The molecule has 0 unspecified atom stereocenters. The maximum atomic E-state index is 13.0. The predicted octanol–water partition coefficient (Wildman–Crippen LogP) is 7.41. The monoisotopic (exact) mass is 513 g/mol. The average Bonchev–Trinajstić information content (AvgIpc) is 3.18. The minimum Gasteiger partial charge on any atom is -0.325 e. The third-order valence-electron chi connectivity index (χ3n) is 4.39. The summed E-state index contributed by atoms with van der Waals surface area (Å²) in [6, 6.07) is 10.6. The molecule has 0 aliphatic heterocycles. The molecule has 11 heteroatoms. The lowest BCUT2D eigenvalue weighted by Gasteiger charge is -2.12. The third-order valence-corrected chi connectivity index (χ3v) is 6.84. The molecule has 0 saturated heterocycles. The molecule has 4 nitrogen and oxygen atoms in total. The first-order chi connectivity index (χ1) is 15.2. The number of amides is 1. The van der Waals surface area contributed by atoms with Gasteiger partial charge in [-0.2, -0.15) is 13.2 Å². The number of carbonyl (C=O) groups is 1. The van der Waals surface area contributed by atoms with E-state index >= 15 is 0 Å². The number of hydrogen-bond donors (Lipinski definition) is 1. The van der Waals surface area contributed by atoms with Crippen molar-refractivity contribution in [1.29, 1.82) is 0 Å². The van der Waals surface area contributed by atoms with Gasteiger partial charge in [0.1, 0.15) is 16.2 Å². The molecule has 0 fully saturated rings. The number of carbonyl (C=O) groups excluding carboxylic acids is 1. The van der Waals surface area contributed by atoms with Crippen LogP contribution < -0.4 is 5.32 Å². The lowest BCUT2D eigenvalue weighted by molar-refractivity contribution is -0.137. The van der Waals surface area contributed by atoms with Gasteiger partial charge in [0, 0.05) is 21.7 Å². The Balaban J connectivity index is 1.53. The van der Waals surface area contributed by atoms with Gasteiger partial charge in [-0.15, -0.1) is 11.3 Å². The van der Waals surface area contributed by atoms with E-state index < -0.39 is 22.7 Å². The lowest BCUT2D eigenvalue weighted by atomic mass is 10.1. The standard InChI is InChI=1S/C21H12Cl2F3N3OS2/c22-12-3-1-11(2-4-12)14-8-31-19-18(14)20(28-10-27-19)32-9-17(30)29-13-5-6-16(23)15(7-13)21(24,25)26/h1-8,10H,9H2,(H,29,30). The first kappa shape index (κ1) is 22.8. The minimum atomic E-state index is -4.61. The Bertz CT molecular complexity index is 1290. The summed E-state index contributed by atoms with van der Waals surface area (Å²) in [5.41, 5.74) is 0.853. The molecular weight excluding hydrogens is 502 g/mol. The van der Waals surface area contributed by atoms with Crippen LogP contribution in [0.3, 0.4) is 0 Å². The van der Waals surface area contributed by atoms with E-state index in [4.69, 9.17) is 23.2 Å². The fourth-order valence-corrected chi connectivity index (χ4v) is 5.09. The van der Waals surface area contributed by atoms with E-state index in [0.29, 0.717) is 10.0 Å². The lowest BCUT2D eigenvalue weighted by Crippen LogP contribution is -2.15. The normalized spacial score (nSPS) is 11.7. The van der Waals surface area contributed by atoms with Gasteiger partial charge in [-0.25, -0.2) is 9.97 Å². The number of fused-ring (bicyclic) bond motifs is 1. The second-order valence-electron chi connectivity index (χ2n) is 6.54. The van der Waals surface area contributed by atoms with Crippen molar-refractivity contribution >= 4 is 68.1 Å². The molecule has 1 N–H and O–H groups in total. The molecule has 4 aromatic rings. The van der Waals surface area contributed by atoms with Gasteiger partial charge < -0.3 is 5.32 Å². The van der Waals surface area contributed by atoms with Crippen molar-refractivity contribution in [1.82, 2.24) is 9.97 Å². The van der Waals surface area contributed by atoms with E-state index in [0.717, 1.165) is 33.5 Å². The highest BCUT2D eigenvalue weighted by molar-refractivity contribution is 8.00. The largest absolute Gasteiger partial charge is 0.417 e. The van der Waals surface area contributed by atoms with Crippen LogP contribution in [0, 0.1) is 0 Å². The molecule has 2 aromatic heterocycles. The first-order valence-electron chi connectivity index (χ1n) is 9.00. The summed E-state index contributed by atoms with van der Waals surface area (Å²) in [7, 11) is 0. The summed E-state index contributed by atoms with van der Waals surface area (Å²) in [6.07, 6.45) is -3.20. The average molecular weight is 514 g/mol. The number of nitrogens with one attached hydrogen (secondary N) is 1. The Kier molecular flexibility index (Phi) is 6.62. The van der Waals surface area contributed by atoms with Crippen molar-refractivity contribution in [3.05, 3.63) is 69.8 Å². The van der Waals surface area contributed by atoms with Crippen LogP contribution in [0.1, 0.15) is 5.56 Å². The highest BCUT2D eigenvalue weighted by Crippen LogP contribution is 2.39. The summed E-state index contributed by atoms with van der Waals surface area (Å²) in [5, 5.41) is 6.03. The molecule has 0 radical (unpaired) electrons. The number of thiophene rings is 1. The van der Waals surface area contributed by atoms with E-state index in [1.54, 1.807) is 12.1 Å². The molecule has 164 valence electrons. The topological polar surface area (TPSA) is 54.9 Å². The van der Waals surface area contributed by atoms with E-state index in [-0.39, 0.29) is 11.4 Å². The molecule has 0 bridgehead atoms. The van der Waals surface area contributed by atoms with Gasteiger partial charge in [-0.1, -0.05) is 47.1 Å². The number of halogens is 5. The summed E-state index contributed by atoms with van der Waals surface area (Å²) in [6.45, 7) is 0. The number of rotatable bonds is 5. The predicted molar refractivity (Wildman–Crippen MR) is 124 cm³/mol. The van der Waals surface area contributed by atoms with Crippen molar-refractivity contribution in [2.75, 3.05) is 11.1 Å². The highest BCUT2D eigenvalue weighted by atomic mass is 35.5. The van der Waals surface area contributed by atoms with Crippen LogP contribution in [0.15, 0.2) is 59.2 Å². The molecule has 1 amide bonds. The number of anilines is 1. The smallest absolute Gasteiger partial charge is 0.325 e. The third kappa shape index (κ3) is 5.01. The Morgan fingerprint density at radius 3 is 2.56 bits per heavy atom. The minimum absolute atomic E-state index is 0.0116. The van der Waals surface area contributed by atoms with Gasteiger partial charge in [0.15, 0.2) is 0 Å². The number of nitrogens with zero attached hydrogens (tertiary/aromatic N) is 2. The molecule has 0 spiro atoms. The van der Waals surface area contributed by atoms with Gasteiger partial charge >= 0.3 is 6.18 Å². The first-order valence-corrected chi connectivity index (χ1v) is 11.6. The van der Waals surface area contributed by atoms with Crippen LogP contribution in [0.2, 0.25) is 10.0 Å². The Hall–Kier alpha value is -2.33. The molecule has 0 aliphatic rings. The van der Waals surface area contributed by atoms with Crippen molar-refractivity contribution < 1.29 is 18.0 Å². The zero-order chi connectivity index (χ0) is 22.9. The molecule has 0 atom stereocenters. The zero-order valence-electron chi connectivity index (χ0n) is 15.9. The molecule has 0 aliphatic carbocycles. The molecule has 32 heavy (non-hydrogen) atoms. The maximum Gasteiger partial charge on any atom is 0.417 e. The van der Waals surface area contributed by atoms with Crippen molar-refractivity contribution in [2.45, 2.75) is 11.2 Å². The summed E-state index contributed by atoms with van der Waals surface area (Å²) in [5.74, 6) is -0.521. The fraction of sp³-hybridized carbons (Fsp3) is 0.0952. The van der Waals surface area contributed by atoms with Crippen molar-refractivity contribution in [2.24, 2.45) is 0 Å². The van der Waals surface area contributed by atoms with Crippen LogP contribution in [-0.2, 0) is 11.0 Å². The second kappa shape index (κ2) is 9.27. The number of benzene rings is 2. The van der Waals surface area contributed by atoms with E-state index in [9.17, 15) is 18.0 Å². The van der Waals surface area contributed by atoms with Crippen LogP contribution in [0.5, 0.6) is 0 Å². The van der Waals surface area contributed by atoms with E-state index in [2.05, 4.69) is 15.3 Å². The quantitative estimate of drug-likeness (QED) is 0.223. The fourth-order valence-electron chi connectivity index (χ4n) is 2.95. The Morgan fingerprint density at radius 2 is 1.84 bits per heavy atom. The molecule has 2 aromatic carbocycles. The van der Waals surface area contributed by atoms with Crippen LogP contribution in [0.4, 0.5) is 18.9 Å². The summed E-state index contributed by atoms with van der Waals surface area (Å²) >= 11 is 14.2. The van der Waals surface area contributed by atoms with Gasteiger partial charge in [0.05, 0.1) is 21.7 Å². The maximum absolute atomic E-state index is 13.0. The Morgan fingerprint density at radius 1 is 1.09 bits per heavy atom. The van der Waals surface area contributed by atoms with Gasteiger partial charge in [-0.3, -0.25) is 4.79 Å².